The van der Waals surface area contributed by atoms with Crippen LogP contribution < -0.4 is 16.4 Å². The van der Waals surface area contributed by atoms with Gasteiger partial charge in [-0.15, -0.1) is 0 Å². The van der Waals surface area contributed by atoms with Gasteiger partial charge in [-0.05, 0) is 55.0 Å². The summed E-state index contributed by atoms with van der Waals surface area (Å²) in [6, 6.07) is 11.8. The van der Waals surface area contributed by atoms with Crippen molar-refractivity contribution < 1.29 is 14.0 Å². The summed E-state index contributed by atoms with van der Waals surface area (Å²) in [5.74, 6) is -0.646. The van der Waals surface area contributed by atoms with Crippen LogP contribution in [0.4, 0.5) is 20.6 Å². The molecule has 3 amide bonds. The zero-order valence-corrected chi connectivity index (χ0v) is 14.6. The first-order valence-corrected chi connectivity index (χ1v) is 8.28. The number of carbonyl (C=O) groups excluding carboxylic acids is 2. The van der Waals surface area contributed by atoms with Crippen molar-refractivity contribution in [1.29, 1.82) is 0 Å². The third-order valence-electron chi connectivity index (χ3n) is 3.93. The molecule has 2 aromatic carbocycles. The van der Waals surface area contributed by atoms with Crippen molar-refractivity contribution in [1.82, 2.24) is 9.78 Å². The molecule has 0 radical (unpaired) electrons. The number of carbonyl (C=O) groups is 2. The molecule has 0 aliphatic heterocycles. The topological polar surface area (TPSA) is 102 Å². The number of nitrogens with zero attached hydrogens (tertiary/aromatic N) is 2. The van der Waals surface area contributed by atoms with E-state index in [-0.39, 0.29) is 11.7 Å². The van der Waals surface area contributed by atoms with Crippen LogP contribution in [0, 0.1) is 5.82 Å². The molecular weight excluding hydrogens is 349 g/mol. The van der Waals surface area contributed by atoms with Crippen molar-refractivity contribution in [3.05, 3.63) is 71.8 Å². The summed E-state index contributed by atoms with van der Waals surface area (Å²) in [5.41, 5.74) is 7.97. The van der Waals surface area contributed by atoms with Crippen LogP contribution in [0.5, 0.6) is 0 Å². The minimum absolute atomic E-state index is 0.309. The molecule has 138 valence electrons. The average Bonchev–Trinajstić information content (AvgIpc) is 3.07. The second-order valence-corrected chi connectivity index (χ2v) is 5.77. The molecule has 1 heterocycles. The van der Waals surface area contributed by atoms with Crippen LogP contribution in [-0.2, 0) is 6.42 Å². The van der Waals surface area contributed by atoms with Crippen LogP contribution >= 0.6 is 0 Å². The molecular formula is C19H18FN5O2. The number of amides is 3. The van der Waals surface area contributed by atoms with E-state index in [1.807, 2.05) is 6.92 Å². The highest BCUT2D eigenvalue weighted by Crippen LogP contribution is 2.19. The van der Waals surface area contributed by atoms with Gasteiger partial charge in [0.2, 0.25) is 0 Å². The van der Waals surface area contributed by atoms with E-state index in [1.54, 1.807) is 41.1 Å². The van der Waals surface area contributed by atoms with Gasteiger partial charge in [-0.25, -0.2) is 13.9 Å². The summed E-state index contributed by atoms with van der Waals surface area (Å²) in [5, 5.41) is 9.51. The fourth-order valence-electron chi connectivity index (χ4n) is 2.69. The lowest BCUT2D eigenvalue weighted by Gasteiger charge is -2.09. The minimum atomic E-state index is -0.660. The van der Waals surface area contributed by atoms with E-state index in [9.17, 15) is 14.0 Å². The summed E-state index contributed by atoms with van der Waals surface area (Å²) in [4.78, 5) is 23.5. The van der Waals surface area contributed by atoms with Crippen molar-refractivity contribution in [2.24, 2.45) is 5.73 Å². The SMILES string of the molecule is CCc1c(C(=O)Nc2ccc(NC(N)=O)cc2)cnn1-c1ccc(F)cc1. The van der Waals surface area contributed by atoms with Crippen LogP contribution in [0.1, 0.15) is 23.0 Å². The van der Waals surface area contributed by atoms with E-state index < -0.39 is 6.03 Å². The van der Waals surface area contributed by atoms with E-state index in [4.69, 9.17) is 5.73 Å². The van der Waals surface area contributed by atoms with Crippen LogP contribution in [-0.4, -0.2) is 21.7 Å². The van der Waals surface area contributed by atoms with Crippen LogP contribution in [0.25, 0.3) is 5.69 Å². The maximum absolute atomic E-state index is 13.1. The average molecular weight is 367 g/mol. The van der Waals surface area contributed by atoms with Crippen molar-refractivity contribution >= 4 is 23.3 Å². The van der Waals surface area contributed by atoms with Gasteiger partial charge in [0.1, 0.15) is 5.82 Å². The number of halogens is 1. The highest BCUT2D eigenvalue weighted by Gasteiger charge is 2.17. The van der Waals surface area contributed by atoms with Gasteiger partial charge in [0, 0.05) is 11.4 Å². The third-order valence-corrected chi connectivity index (χ3v) is 3.93. The van der Waals surface area contributed by atoms with E-state index in [2.05, 4.69) is 15.7 Å². The number of primary amides is 1. The second-order valence-electron chi connectivity index (χ2n) is 5.77. The van der Waals surface area contributed by atoms with Gasteiger partial charge in [-0.2, -0.15) is 5.10 Å². The lowest BCUT2D eigenvalue weighted by Crippen LogP contribution is -2.19. The zero-order valence-electron chi connectivity index (χ0n) is 14.6. The summed E-state index contributed by atoms with van der Waals surface area (Å²) in [6.45, 7) is 1.91. The lowest BCUT2D eigenvalue weighted by molar-refractivity contribution is 0.102. The number of hydrogen-bond acceptors (Lipinski definition) is 3. The molecule has 0 atom stereocenters. The Hall–Kier alpha value is -3.68. The first kappa shape index (κ1) is 18.1. The highest BCUT2D eigenvalue weighted by atomic mass is 19.1. The Bertz CT molecular complexity index is 965. The molecule has 0 unspecified atom stereocenters. The molecule has 3 rings (SSSR count). The van der Waals surface area contributed by atoms with E-state index in [1.165, 1.54) is 18.3 Å². The maximum Gasteiger partial charge on any atom is 0.316 e. The number of rotatable bonds is 5. The lowest BCUT2D eigenvalue weighted by atomic mass is 10.1. The number of nitrogens with one attached hydrogen (secondary N) is 2. The smallest absolute Gasteiger partial charge is 0.316 e. The molecule has 3 aromatic rings. The Kier molecular flexibility index (Phi) is 5.16. The number of urea groups is 1. The normalized spacial score (nSPS) is 10.4. The maximum atomic E-state index is 13.1. The fourth-order valence-corrected chi connectivity index (χ4v) is 2.69. The van der Waals surface area contributed by atoms with Gasteiger partial charge in [0.15, 0.2) is 0 Å². The molecule has 0 bridgehead atoms. The molecule has 0 saturated carbocycles. The Labute approximate surface area is 155 Å². The quantitative estimate of drug-likeness (QED) is 0.645. The minimum Gasteiger partial charge on any atom is -0.351 e. The molecule has 8 heteroatoms. The van der Waals surface area contributed by atoms with Crippen molar-refractivity contribution in [2.45, 2.75) is 13.3 Å². The van der Waals surface area contributed by atoms with Crippen molar-refractivity contribution in [3.63, 3.8) is 0 Å². The molecule has 0 aliphatic rings. The van der Waals surface area contributed by atoms with Crippen molar-refractivity contribution in [3.8, 4) is 5.69 Å². The molecule has 0 spiro atoms. The van der Waals surface area contributed by atoms with Gasteiger partial charge >= 0.3 is 6.03 Å². The monoisotopic (exact) mass is 367 g/mol. The van der Waals surface area contributed by atoms with Gasteiger partial charge in [-0.1, -0.05) is 6.92 Å². The van der Waals surface area contributed by atoms with Gasteiger partial charge in [0.25, 0.3) is 5.91 Å². The summed E-state index contributed by atoms with van der Waals surface area (Å²) >= 11 is 0. The van der Waals surface area contributed by atoms with Gasteiger partial charge in [0.05, 0.1) is 23.1 Å². The molecule has 0 fully saturated rings. The Morgan fingerprint density at radius 3 is 2.19 bits per heavy atom. The summed E-state index contributed by atoms with van der Waals surface area (Å²) < 4.78 is 14.8. The predicted octanol–water partition coefficient (Wildman–Crippen LogP) is 3.32. The van der Waals surface area contributed by atoms with Crippen LogP contribution in [0.2, 0.25) is 0 Å². The zero-order chi connectivity index (χ0) is 19.4. The fraction of sp³-hybridized carbons (Fsp3) is 0.105. The molecule has 1 aromatic heterocycles. The standard InChI is InChI=1S/C19H18FN5O2/c1-2-17-16(11-22-25(17)15-9-3-12(20)4-10-15)18(26)23-13-5-7-14(8-6-13)24-19(21)27/h3-11H,2H2,1H3,(H,23,26)(H3,21,24,27). The predicted molar refractivity (Wildman–Crippen MR) is 101 cm³/mol. The number of hydrogen-bond donors (Lipinski definition) is 3. The molecule has 27 heavy (non-hydrogen) atoms. The second kappa shape index (κ2) is 7.69. The summed E-state index contributed by atoms with van der Waals surface area (Å²) in [6.07, 6.45) is 2.06. The van der Waals surface area contributed by atoms with Gasteiger partial charge in [-0.3, -0.25) is 4.79 Å². The summed E-state index contributed by atoms with van der Waals surface area (Å²) in [7, 11) is 0. The Morgan fingerprint density at radius 1 is 1.04 bits per heavy atom. The number of nitrogens with two attached hydrogens (primary N) is 1. The highest BCUT2D eigenvalue weighted by molar-refractivity contribution is 6.05. The van der Waals surface area contributed by atoms with Crippen LogP contribution in [0.15, 0.2) is 54.7 Å². The number of benzene rings is 2. The number of aromatic nitrogens is 2. The Balaban J connectivity index is 1.80. The largest absolute Gasteiger partial charge is 0.351 e. The number of anilines is 2. The van der Waals surface area contributed by atoms with E-state index in [0.29, 0.717) is 34.7 Å². The first-order valence-electron chi connectivity index (χ1n) is 8.28. The van der Waals surface area contributed by atoms with Crippen LogP contribution in [0.3, 0.4) is 0 Å². The van der Waals surface area contributed by atoms with E-state index in [0.717, 1.165) is 0 Å². The van der Waals surface area contributed by atoms with Crippen molar-refractivity contribution in [2.75, 3.05) is 10.6 Å². The van der Waals surface area contributed by atoms with E-state index >= 15 is 0 Å². The first-order chi connectivity index (χ1) is 13.0. The third kappa shape index (κ3) is 4.12. The van der Waals surface area contributed by atoms with Gasteiger partial charge < -0.3 is 16.4 Å². The molecule has 0 saturated heterocycles. The molecule has 7 nitrogen and oxygen atoms in total. The molecule has 4 N–H and O–H groups in total. The molecule has 0 aliphatic carbocycles. The Morgan fingerprint density at radius 2 is 1.63 bits per heavy atom.